The summed E-state index contributed by atoms with van der Waals surface area (Å²) in [6.07, 6.45) is 3.82. The fourth-order valence-electron chi connectivity index (χ4n) is 1.44. The molecule has 0 aliphatic carbocycles. The largest absolute Gasteiger partial charge is 0.480 e. The van der Waals surface area contributed by atoms with Crippen molar-refractivity contribution < 1.29 is 19.4 Å². The maximum Gasteiger partial charge on any atom is 0.407 e. The first-order chi connectivity index (χ1) is 8.93. The van der Waals surface area contributed by atoms with E-state index < -0.39 is 18.1 Å². The van der Waals surface area contributed by atoms with Gasteiger partial charge >= 0.3 is 12.1 Å². The minimum absolute atomic E-state index is 0.104. The van der Waals surface area contributed by atoms with Crippen molar-refractivity contribution in [1.29, 1.82) is 0 Å². The van der Waals surface area contributed by atoms with Crippen LogP contribution in [0.15, 0.2) is 4.99 Å². The molecule has 1 heterocycles. The number of rotatable bonds is 9. The van der Waals surface area contributed by atoms with Gasteiger partial charge in [-0.05, 0) is 26.2 Å². The van der Waals surface area contributed by atoms with Gasteiger partial charge in [0.25, 0.3) is 0 Å². The van der Waals surface area contributed by atoms with Gasteiger partial charge in [0, 0.05) is 19.2 Å². The molecule has 108 valence electrons. The second-order valence-corrected chi connectivity index (χ2v) is 4.87. The minimum atomic E-state index is -0.997. The topological polar surface area (TPSA) is 114 Å². The van der Waals surface area contributed by atoms with Crippen molar-refractivity contribution >= 4 is 18.3 Å². The van der Waals surface area contributed by atoms with E-state index in [1.807, 2.05) is 13.1 Å². The maximum atomic E-state index is 11.3. The number of hydrogen-bond donors (Lipinski definition) is 3. The third-order valence-corrected chi connectivity index (χ3v) is 2.94. The number of nitrogens with two attached hydrogens (primary N) is 1. The fraction of sp³-hybridized carbons (Fsp3) is 0.750. The number of amides is 1. The number of aliphatic carboxylic acids is 1. The van der Waals surface area contributed by atoms with Crippen LogP contribution >= 0.6 is 0 Å². The lowest BCUT2D eigenvalue weighted by molar-refractivity contribution is -0.138. The molecule has 0 aromatic rings. The number of unbranched alkanes of at least 4 members (excludes halogenated alkanes) is 1. The van der Waals surface area contributed by atoms with Crippen LogP contribution in [0.5, 0.6) is 0 Å². The van der Waals surface area contributed by atoms with Gasteiger partial charge in [0.15, 0.2) is 0 Å². The summed E-state index contributed by atoms with van der Waals surface area (Å²) < 4.78 is 4.98. The van der Waals surface area contributed by atoms with Crippen LogP contribution < -0.4 is 11.1 Å². The van der Waals surface area contributed by atoms with Crippen molar-refractivity contribution in [2.24, 2.45) is 10.7 Å². The predicted molar refractivity (Wildman–Crippen MR) is 70.3 cm³/mol. The number of carbonyl (C=O) groups is 2. The van der Waals surface area contributed by atoms with E-state index >= 15 is 0 Å². The first kappa shape index (κ1) is 15.4. The summed E-state index contributed by atoms with van der Waals surface area (Å²) >= 11 is 0. The molecule has 0 fully saturated rings. The highest BCUT2D eigenvalue weighted by Gasteiger charge is 2.30. The molecule has 1 amide bonds. The van der Waals surface area contributed by atoms with Crippen molar-refractivity contribution in [3.63, 3.8) is 0 Å². The van der Waals surface area contributed by atoms with Crippen LogP contribution in [-0.4, -0.2) is 48.1 Å². The van der Waals surface area contributed by atoms with Crippen LogP contribution in [0, 0.1) is 0 Å². The van der Waals surface area contributed by atoms with Gasteiger partial charge < -0.3 is 20.9 Å². The lowest BCUT2D eigenvalue weighted by atomic mass is 10.1. The van der Waals surface area contributed by atoms with Crippen LogP contribution in [0.3, 0.4) is 0 Å². The van der Waals surface area contributed by atoms with Gasteiger partial charge in [-0.25, -0.2) is 4.79 Å². The molecule has 1 rings (SSSR count). The number of hydrogen-bond acceptors (Lipinski definition) is 5. The second kappa shape index (κ2) is 7.08. The molecule has 2 atom stereocenters. The molecule has 0 aromatic heterocycles. The molecule has 4 N–H and O–H groups in total. The van der Waals surface area contributed by atoms with Crippen LogP contribution in [-0.2, 0) is 9.53 Å². The van der Waals surface area contributed by atoms with Crippen molar-refractivity contribution in [2.75, 3.05) is 13.2 Å². The quantitative estimate of drug-likeness (QED) is 0.529. The fourth-order valence-corrected chi connectivity index (χ4v) is 1.44. The molecular formula is C12H21N3O4. The lowest BCUT2D eigenvalue weighted by Gasteiger charge is -2.09. The van der Waals surface area contributed by atoms with Crippen molar-refractivity contribution in [3.05, 3.63) is 0 Å². The SMILES string of the molecule is CC1(CCOC(=O)NCCCC[C@H](N)C(=O)O)C=N1. The Kier molecular flexibility index (Phi) is 5.75. The first-order valence-electron chi connectivity index (χ1n) is 6.38. The number of carbonyl (C=O) groups excluding carboxylic acids is 1. The van der Waals surface area contributed by atoms with Crippen LogP contribution in [0.1, 0.15) is 32.6 Å². The second-order valence-electron chi connectivity index (χ2n) is 4.87. The number of alkyl carbamates (subject to hydrolysis) is 1. The van der Waals surface area contributed by atoms with Crippen molar-refractivity contribution in [3.8, 4) is 0 Å². The molecule has 0 saturated carbocycles. The minimum Gasteiger partial charge on any atom is -0.480 e. The number of aliphatic imine (C=N–C) groups is 1. The molecule has 0 bridgehead atoms. The average Bonchev–Trinajstić information content (AvgIpc) is 3.06. The Morgan fingerprint density at radius 2 is 2.21 bits per heavy atom. The highest BCUT2D eigenvalue weighted by molar-refractivity contribution is 5.83. The van der Waals surface area contributed by atoms with Crippen LogP contribution in [0.25, 0.3) is 0 Å². The third kappa shape index (κ3) is 6.76. The van der Waals surface area contributed by atoms with Gasteiger partial charge in [-0.2, -0.15) is 0 Å². The van der Waals surface area contributed by atoms with Crippen LogP contribution in [0.4, 0.5) is 4.79 Å². The van der Waals surface area contributed by atoms with E-state index in [9.17, 15) is 9.59 Å². The van der Waals surface area contributed by atoms with Gasteiger partial charge in [-0.3, -0.25) is 9.79 Å². The molecule has 1 aliphatic rings. The molecule has 7 heteroatoms. The van der Waals surface area contributed by atoms with Gasteiger partial charge in [-0.1, -0.05) is 0 Å². The molecule has 7 nitrogen and oxygen atoms in total. The van der Waals surface area contributed by atoms with Crippen LogP contribution in [0.2, 0.25) is 0 Å². The molecule has 1 aliphatic heterocycles. The zero-order valence-corrected chi connectivity index (χ0v) is 11.1. The number of carboxylic acid groups (broad SMARTS) is 1. The normalized spacial score (nSPS) is 21.8. The summed E-state index contributed by atoms with van der Waals surface area (Å²) in [5, 5.41) is 11.2. The van der Waals surface area contributed by atoms with Gasteiger partial charge in [0.05, 0.1) is 12.1 Å². The summed E-state index contributed by atoms with van der Waals surface area (Å²) in [6.45, 7) is 2.77. The van der Waals surface area contributed by atoms with Gasteiger partial charge in [-0.15, -0.1) is 0 Å². The highest BCUT2D eigenvalue weighted by Crippen LogP contribution is 2.23. The summed E-state index contributed by atoms with van der Waals surface area (Å²) in [5.41, 5.74) is 5.24. The predicted octanol–water partition coefficient (Wildman–Crippen LogP) is 0.528. The Bertz CT molecular complexity index is 351. The average molecular weight is 271 g/mol. The zero-order chi connectivity index (χ0) is 14.3. The third-order valence-electron chi connectivity index (χ3n) is 2.94. The standard InChI is InChI=1S/C12H21N3O4/c1-12(8-15-12)5-7-19-11(18)14-6-3-2-4-9(13)10(16)17/h8-9H,2-7,13H2,1H3,(H,14,18)(H,16,17)/t9-,12?/m0/s1. The molecule has 0 aromatic carbocycles. The van der Waals surface area contributed by atoms with E-state index in [1.54, 1.807) is 0 Å². The Labute approximate surface area is 112 Å². The number of ether oxygens (including phenoxy) is 1. The number of nitrogens with zero attached hydrogens (tertiary/aromatic N) is 1. The molecule has 0 saturated heterocycles. The number of carboxylic acids is 1. The van der Waals surface area contributed by atoms with Gasteiger partial charge in [0.1, 0.15) is 6.04 Å². The van der Waals surface area contributed by atoms with E-state index in [0.717, 1.165) is 0 Å². The molecular weight excluding hydrogens is 250 g/mol. The van der Waals surface area contributed by atoms with Crippen molar-refractivity contribution in [2.45, 2.75) is 44.2 Å². The summed E-state index contributed by atoms with van der Waals surface area (Å²) in [4.78, 5) is 25.8. The highest BCUT2D eigenvalue weighted by atomic mass is 16.5. The first-order valence-corrected chi connectivity index (χ1v) is 6.38. The Balaban J connectivity index is 1.91. The Hall–Kier alpha value is -1.63. The Morgan fingerprint density at radius 3 is 2.79 bits per heavy atom. The van der Waals surface area contributed by atoms with E-state index in [4.69, 9.17) is 15.6 Å². The molecule has 19 heavy (non-hydrogen) atoms. The number of nitrogens with one attached hydrogen (secondary N) is 1. The summed E-state index contributed by atoms with van der Waals surface area (Å²) in [6, 6.07) is -0.828. The van der Waals surface area contributed by atoms with E-state index in [2.05, 4.69) is 10.3 Å². The molecule has 0 spiro atoms. The maximum absolute atomic E-state index is 11.3. The van der Waals surface area contributed by atoms with E-state index in [1.165, 1.54) is 0 Å². The zero-order valence-electron chi connectivity index (χ0n) is 11.1. The van der Waals surface area contributed by atoms with E-state index in [-0.39, 0.29) is 5.54 Å². The smallest absolute Gasteiger partial charge is 0.407 e. The monoisotopic (exact) mass is 271 g/mol. The van der Waals surface area contributed by atoms with Gasteiger partial charge in [0.2, 0.25) is 0 Å². The molecule has 1 unspecified atom stereocenters. The van der Waals surface area contributed by atoms with Crippen molar-refractivity contribution in [1.82, 2.24) is 5.32 Å². The molecule has 0 radical (unpaired) electrons. The summed E-state index contributed by atoms with van der Waals surface area (Å²) in [7, 11) is 0. The lowest BCUT2D eigenvalue weighted by Crippen LogP contribution is -2.30. The summed E-state index contributed by atoms with van der Waals surface area (Å²) in [5.74, 6) is -0.997. The Morgan fingerprint density at radius 1 is 1.53 bits per heavy atom. The van der Waals surface area contributed by atoms with E-state index in [0.29, 0.717) is 38.8 Å².